The molecule has 1 atom stereocenters. The molecule has 0 aliphatic heterocycles. The molecule has 1 amide bonds. The number of hydrogen-bond acceptors (Lipinski definition) is 4. The number of carbonyl (C=O) groups excluding carboxylic acids is 1. The molecule has 5 heteroatoms. The molecule has 0 saturated heterocycles. The number of amides is 1. The van der Waals surface area contributed by atoms with Crippen LogP contribution in [0.4, 0.5) is 0 Å². The first kappa shape index (κ1) is 14.9. The van der Waals surface area contributed by atoms with E-state index in [-0.39, 0.29) is 11.7 Å². The van der Waals surface area contributed by atoms with Gasteiger partial charge in [-0.25, -0.2) is 0 Å². The Morgan fingerprint density at radius 2 is 1.86 bits per heavy atom. The van der Waals surface area contributed by atoms with Crippen molar-refractivity contribution in [3.63, 3.8) is 0 Å². The highest BCUT2D eigenvalue weighted by Gasteiger charge is 2.16. The third-order valence-electron chi connectivity index (χ3n) is 3.04. The van der Waals surface area contributed by atoms with Crippen molar-refractivity contribution >= 4 is 5.91 Å². The van der Waals surface area contributed by atoms with Crippen LogP contribution in [0.3, 0.4) is 0 Å². The summed E-state index contributed by atoms with van der Waals surface area (Å²) in [6.45, 7) is 0. The van der Waals surface area contributed by atoms with Crippen molar-refractivity contribution in [2.45, 2.75) is 6.23 Å². The third kappa shape index (κ3) is 3.52. The van der Waals surface area contributed by atoms with Crippen LogP contribution in [0.2, 0.25) is 0 Å². The highest BCUT2D eigenvalue weighted by molar-refractivity contribution is 5.94. The number of methoxy groups -OCH3 is 2. The van der Waals surface area contributed by atoms with Gasteiger partial charge in [-0.05, 0) is 24.3 Å². The predicted octanol–water partition coefficient (Wildman–Crippen LogP) is 2.48. The molecule has 0 fully saturated rings. The maximum Gasteiger partial charge on any atom is 0.253 e. The van der Waals surface area contributed by atoms with Crippen LogP contribution in [0.25, 0.3) is 0 Å². The average Bonchev–Trinajstić information content (AvgIpc) is 2.54. The van der Waals surface area contributed by atoms with E-state index in [0.717, 1.165) is 0 Å². The Morgan fingerprint density at radius 1 is 1.14 bits per heavy atom. The zero-order chi connectivity index (χ0) is 15.2. The van der Waals surface area contributed by atoms with Gasteiger partial charge in [-0.3, -0.25) is 4.79 Å². The summed E-state index contributed by atoms with van der Waals surface area (Å²) in [7, 11) is 2.96. The number of phenols is 1. The van der Waals surface area contributed by atoms with Crippen molar-refractivity contribution in [1.82, 2.24) is 5.32 Å². The highest BCUT2D eigenvalue weighted by atomic mass is 16.5. The van der Waals surface area contributed by atoms with E-state index < -0.39 is 6.23 Å². The summed E-state index contributed by atoms with van der Waals surface area (Å²) >= 11 is 0. The number of ether oxygens (including phenoxy) is 2. The number of phenolic OH excluding ortho intramolecular Hbond substituents is 1. The molecule has 110 valence electrons. The van der Waals surface area contributed by atoms with Gasteiger partial charge in [0, 0.05) is 18.2 Å². The van der Waals surface area contributed by atoms with E-state index in [1.54, 1.807) is 36.4 Å². The second-order valence-corrected chi connectivity index (χ2v) is 4.39. The lowest BCUT2D eigenvalue weighted by molar-refractivity contribution is 0.0574. The van der Waals surface area contributed by atoms with E-state index in [1.807, 2.05) is 6.07 Å². The summed E-state index contributed by atoms with van der Waals surface area (Å²) in [5, 5.41) is 12.4. The molecule has 1 unspecified atom stereocenters. The zero-order valence-corrected chi connectivity index (χ0v) is 11.9. The van der Waals surface area contributed by atoms with E-state index >= 15 is 0 Å². The Bertz CT molecular complexity index is 613. The largest absolute Gasteiger partial charge is 0.504 e. The number of carbonyl (C=O) groups is 1. The van der Waals surface area contributed by atoms with Crippen molar-refractivity contribution in [3.8, 4) is 11.5 Å². The monoisotopic (exact) mass is 287 g/mol. The van der Waals surface area contributed by atoms with Crippen LogP contribution in [0.1, 0.15) is 22.1 Å². The fourth-order valence-corrected chi connectivity index (χ4v) is 1.93. The Balaban J connectivity index is 2.18. The SMILES string of the molecule is COc1cc(C(NC(=O)c2ccccc2)OC)ccc1O. The summed E-state index contributed by atoms with van der Waals surface area (Å²) in [5.74, 6) is 0.114. The van der Waals surface area contributed by atoms with Gasteiger partial charge >= 0.3 is 0 Å². The Labute approximate surface area is 123 Å². The van der Waals surface area contributed by atoms with Gasteiger partial charge in [0.2, 0.25) is 0 Å². The first-order valence-corrected chi connectivity index (χ1v) is 6.41. The van der Waals surface area contributed by atoms with Gasteiger partial charge in [-0.2, -0.15) is 0 Å². The molecule has 0 heterocycles. The second-order valence-electron chi connectivity index (χ2n) is 4.39. The van der Waals surface area contributed by atoms with E-state index in [1.165, 1.54) is 20.3 Å². The van der Waals surface area contributed by atoms with Crippen molar-refractivity contribution in [2.75, 3.05) is 14.2 Å². The molecule has 0 aliphatic rings. The fourth-order valence-electron chi connectivity index (χ4n) is 1.93. The normalized spacial score (nSPS) is 11.7. The Hall–Kier alpha value is -2.53. The number of hydrogen-bond donors (Lipinski definition) is 2. The van der Waals surface area contributed by atoms with Crippen LogP contribution in [0.15, 0.2) is 48.5 Å². The van der Waals surface area contributed by atoms with E-state index in [0.29, 0.717) is 16.9 Å². The quantitative estimate of drug-likeness (QED) is 0.829. The molecular formula is C16H17NO4. The first-order chi connectivity index (χ1) is 10.2. The summed E-state index contributed by atoms with van der Waals surface area (Å²) in [6.07, 6.45) is -0.632. The molecule has 0 aromatic heterocycles. The number of rotatable bonds is 5. The fraction of sp³-hybridized carbons (Fsp3) is 0.188. The van der Waals surface area contributed by atoms with E-state index in [2.05, 4.69) is 5.32 Å². The number of benzene rings is 2. The number of nitrogens with one attached hydrogen (secondary N) is 1. The lowest BCUT2D eigenvalue weighted by atomic mass is 10.1. The van der Waals surface area contributed by atoms with Crippen molar-refractivity contribution in [3.05, 3.63) is 59.7 Å². The van der Waals surface area contributed by atoms with Crippen LogP contribution in [-0.2, 0) is 4.74 Å². The molecule has 0 radical (unpaired) electrons. The van der Waals surface area contributed by atoms with Gasteiger partial charge in [0.05, 0.1) is 7.11 Å². The van der Waals surface area contributed by atoms with Gasteiger partial charge in [0.25, 0.3) is 5.91 Å². The van der Waals surface area contributed by atoms with Crippen LogP contribution in [0.5, 0.6) is 11.5 Å². The molecule has 0 aliphatic carbocycles. The molecular weight excluding hydrogens is 270 g/mol. The molecule has 2 rings (SSSR count). The van der Waals surface area contributed by atoms with Crippen LogP contribution in [-0.4, -0.2) is 25.2 Å². The summed E-state index contributed by atoms with van der Waals surface area (Å²) in [4.78, 5) is 12.1. The molecule has 2 N–H and O–H groups in total. The van der Waals surface area contributed by atoms with E-state index in [9.17, 15) is 9.90 Å². The first-order valence-electron chi connectivity index (χ1n) is 6.41. The van der Waals surface area contributed by atoms with Crippen molar-refractivity contribution in [2.24, 2.45) is 0 Å². The minimum atomic E-state index is -0.632. The topological polar surface area (TPSA) is 67.8 Å². The van der Waals surface area contributed by atoms with Crippen molar-refractivity contribution < 1.29 is 19.4 Å². The predicted molar refractivity (Wildman–Crippen MR) is 78.3 cm³/mol. The molecule has 2 aromatic carbocycles. The maximum atomic E-state index is 12.1. The molecule has 5 nitrogen and oxygen atoms in total. The lowest BCUT2D eigenvalue weighted by Crippen LogP contribution is -2.29. The second kappa shape index (κ2) is 6.76. The smallest absolute Gasteiger partial charge is 0.253 e. The highest BCUT2D eigenvalue weighted by Crippen LogP contribution is 2.29. The van der Waals surface area contributed by atoms with Gasteiger partial charge in [0.15, 0.2) is 17.7 Å². The zero-order valence-electron chi connectivity index (χ0n) is 11.9. The minimum Gasteiger partial charge on any atom is -0.504 e. The molecule has 2 aromatic rings. The van der Waals surface area contributed by atoms with Crippen molar-refractivity contribution in [1.29, 1.82) is 0 Å². The molecule has 0 spiro atoms. The van der Waals surface area contributed by atoms with Crippen LogP contribution >= 0.6 is 0 Å². The number of aromatic hydroxyl groups is 1. The summed E-state index contributed by atoms with van der Waals surface area (Å²) < 4.78 is 10.4. The summed E-state index contributed by atoms with van der Waals surface area (Å²) in [6, 6.07) is 13.6. The third-order valence-corrected chi connectivity index (χ3v) is 3.04. The van der Waals surface area contributed by atoms with Crippen LogP contribution < -0.4 is 10.1 Å². The summed E-state index contributed by atoms with van der Waals surface area (Å²) in [5.41, 5.74) is 1.22. The molecule has 0 bridgehead atoms. The standard InChI is InChI=1S/C16H17NO4/c1-20-14-10-12(8-9-13(14)18)16(21-2)17-15(19)11-6-4-3-5-7-11/h3-10,16,18H,1-2H3,(H,17,19). The lowest BCUT2D eigenvalue weighted by Gasteiger charge is -2.18. The average molecular weight is 287 g/mol. The molecule has 21 heavy (non-hydrogen) atoms. The minimum absolute atomic E-state index is 0.0329. The van der Waals surface area contributed by atoms with Gasteiger partial charge in [-0.15, -0.1) is 0 Å². The van der Waals surface area contributed by atoms with Gasteiger partial charge < -0.3 is 19.9 Å². The maximum absolute atomic E-state index is 12.1. The molecule has 0 saturated carbocycles. The Kier molecular flexibility index (Phi) is 4.79. The Morgan fingerprint density at radius 3 is 2.48 bits per heavy atom. The van der Waals surface area contributed by atoms with Crippen LogP contribution in [0, 0.1) is 0 Å². The van der Waals surface area contributed by atoms with E-state index in [4.69, 9.17) is 9.47 Å². The van der Waals surface area contributed by atoms with Gasteiger partial charge in [0.1, 0.15) is 0 Å². The van der Waals surface area contributed by atoms with Gasteiger partial charge in [-0.1, -0.05) is 24.3 Å².